The number of amides is 3. The summed E-state index contributed by atoms with van der Waals surface area (Å²) in [5.74, 6) is 1.89. The van der Waals surface area contributed by atoms with Gasteiger partial charge in [0.2, 0.25) is 10.6 Å². The fourth-order valence-electron chi connectivity index (χ4n) is 8.89. The number of nitrogens with zero attached hydrogens (tertiary/aromatic N) is 11. The van der Waals surface area contributed by atoms with Crippen LogP contribution in [0.2, 0.25) is 10.6 Å². The van der Waals surface area contributed by atoms with E-state index in [2.05, 4.69) is 41.7 Å². The van der Waals surface area contributed by atoms with Crippen LogP contribution in [0.5, 0.6) is 0 Å². The van der Waals surface area contributed by atoms with E-state index < -0.39 is 28.8 Å². The Bertz CT molecular complexity index is 2700. The average Bonchev–Trinajstić information content (AvgIpc) is 3.36. The van der Waals surface area contributed by atoms with Gasteiger partial charge in [0.25, 0.3) is 0 Å². The first kappa shape index (κ1) is 57.6. The van der Waals surface area contributed by atoms with Crippen molar-refractivity contribution in [2.45, 2.75) is 124 Å². The Hall–Kier alpha value is -6.67. The fourth-order valence-corrected chi connectivity index (χ4v) is 9.31. The number of piperidine rings is 1. The molecule has 8 rings (SSSR count). The summed E-state index contributed by atoms with van der Waals surface area (Å²) in [6.07, 6.45) is 2.85. The lowest BCUT2D eigenvalue weighted by atomic mass is 9.94. The molecule has 400 valence electrons. The molecule has 75 heavy (non-hydrogen) atoms. The Labute approximate surface area is 453 Å². The van der Waals surface area contributed by atoms with E-state index in [1.165, 1.54) is 0 Å². The molecule has 6 heterocycles. The predicted octanol–water partition coefficient (Wildman–Crippen LogP) is 10.3. The number of hydrogen-bond donors (Lipinski definition) is 0. The van der Waals surface area contributed by atoms with Crippen molar-refractivity contribution >= 4 is 70.1 Å². The van der Waals surface area contributed by atoms with Crippen molar-refractivity contribution in [3.05, 3.63) is 105 Å². The molecule has 0 radical (unpaired) electrons. The second-order valence-corrected chi connectivity index (χ2v) is 21.3. The first-order valence-corrected chi connectivity index (χ1v) is 26.0. The molecule has 2 unspecified atom stereocenters. The van der Waals surface area contributed by atoms with Crippen LogP contribution in [0.3, 0.4) is 0 Å². The second kappa shape index (κ2) is 26.7. The minimum atomic E-state index is -0.770. The molecule has 4 aromatic rings. The number of rotatable bonds is 8. The number of aromatic nitrogens is 4. The van der Waals surface area contributed by atoms with Crippen LogP contribution in [-0.4, -0.2) is 121 Å². The minimum Gasteiger partial charge on any atom is -0.449 e. The lowest BCUT2D eigenvalue weighted by Gasteiger charge is -2.41. The maximum absolute atomic E-state index is 12.9. The van der Waals surface area contributed by atoms with E-state index in [9.17, 15) is 24.4 Å². The van der Waals surface area contributed by atoms with Crippen LogP contribution in [0.4, 0.5) is 30.8 Å². The number of halogens is 3. The van der Waals surface area contributed by atoms with Crippen LogP contribution in [0.25, 0.3) is 0 Å². The molecule has 0 bridgehead atoms. The Morgan fingerprint density at radius 1 is 0.627 bits per heavy atom. The number of carbonyl (C=O) groups is 4. The molecular weight excluding hydrogens is 1030 g/mol. The summed E-state index contributed by atoms with van der Waals surface area (Å²) in [4.78, 5) is 74.9. The van der Waals surface area contributed by atoms with Gasteiger partial charge in [0.1, 0.15) is 36.1 Å². The van der Waals surface area contributed by atoms with Gasteiger partial charge in [-0.2, -0.15) is 10.5 Å². The van der Waals surface area contributed by atoms with E-state index in [0.717, 1.165) is 59.7 Å². The topological polar surface area (TPSA) is 221 Å². The summed E-state index contributed by atoms with van der Waals surface area (Å²) < 4.78 is 21.1. The number of hydrogen-bond acceptors (Lipinski definition) is 16. The predicted molar refractivity (Wildman–Crippen MR) is 282 cm³/mol. The maximum atomic E-state index is 12.9. The van der Waals surface area contributed by atoms with E-state index in [-0.39, 0.29) is 48.9 Å². The number of anilines is 2. The van der Waals surface area contributed by atoms with Gasteiger partial charge in [0, 0.05) is 75.0 Å². The lowest BCUT2D eigenvalue weighted by Crippen LogP contribution is -2.56. The quantitative estimate of drug-likeness (QED) is 0.0909. The zero-order chi connectivity index (χ0) is 54.3. The average molecular weight is 1090 g/mol. The summed E-state index contributed by atoms with van der Waals surface area (Å²) in [5, 5.41) is 18.7. The van der Waals surface area contributed by atoms with Crippen molar-refractivity contribution < 1.29 is 38.1 Å². The van der Waals surface area contributed by atoms with Gasteiger partial charge in [0.05, 0.1) is 49.1 Å². The van der Waals surface area contributed by atoms with Crippen LogP contribution in [-0.2, 0) is 58.1 Å². The van der Waals surface area contributed by atoms with E-state index in [0.29, 0.717) is 76.0 Å². The number of piperazine rings is 1. The SMILES string of the molecule is CC(C)(C)OC(=O)N1CCc2c(nc(Cl)nc2N2CCCC(CC#N)C2)C1.CC(C)(C)OC(=O)N1CCc2c(nc(Cl)nc2N2CCN(C(=O)OCc3ccccc3)C(CC#N)C2)C1.O=C(Cl)OCc1ccccc1. The van der Waals surface area contributed by atoms with Crippen molar-refractivity contribution in [2.75, 3.05) is 55.6 Å². The highest BCUT2D eigenvalue weighted by atomic mass is 35.5. The third-order valence-electron chi connectivity index (χ3n) is 12.3. The molecule has 22 heteroatoms. The molecule has 0 aliphatic carbocycles. The number of benzene rings is 2. The zero-order valence-corrected chi connectivity index (χ0v) is 45.5. The summed E-state index contributed by atoms with van der Waals surface area (Å²) in [6.45, 7) is 16.1. The first-order valence-electron chi connectivity index (χ1n) is 24.8. The molecule has 0 N–H and O–H groups in total. The van der Waals surface area contributed by atoms with Crippen molar-refractivity contribution in [3.8, 4) is 12.1 Å². The number of carbonyl (C=O) groups excluding carboxylic acids is 4. The van der Waals surface area contributed by atoms with Crippen LogP contribution < -0.4 is 9.80 Å². The van der Waals surface area contributed by atoms with Crippen LogP contribution in [0.15, 0.2) is 60.7 Å². The monoisotopic (exact) mass is 1090 g/mol. The molecule has 0 saturated carbocycles. The minimum absolute atomic E-state index is 0.0846. The Morgan fingerprint density at radius 3 is 1.57 bits per heavy atom. The first-order chi connectivity index (χ1) is 35.7. The highest BCUT2D eigenvalue weighted by molar-refractivity contribution is 6.61. The van der Waals surface area contributed by atoms with Gasteiger partial charge in [-0.25, -0.2) is 39.1 Å². The van der Waals surface area contributed by atoms with Crippen LogP contribution >= 0.6 is 34.8 Å². The molecule has 2 saturated heterocycles. The third-order valence-corrected chi connectivity index (χ3v) is 12.7. The van der Waals surface area contributed by atoms with E-state index >= 15 is 0 Å². The van der Waals surface area contributed by atoms with Gasteiger partial charge < -0.3 is 43.4 Å². The van der Waals surface area contributed by atoms with Crippen molar-refractivity contribution in [3.63, 3.8) is 0 Å². The standard InChI is InChI=1S/C26H31ClN6O4.C19H26ClN5O2.C8H7ClO2/c1-26(2,3)37-24(34)32-12-10-20-21(16-32)29-23(27)30-22(20)31-13-14-33(19(15-31)9-11-28)25(35)36-17-18-7-5-4-6-8-18;1-19(2,3)27-18(26)25-10-7-14-15(12-25)22-17(20)23-16(14)24-9-4-5-13(11-24)6-8-21;9-8(10)11-6-7-4-2-1-3-5-7/h4-8,19H,9-10,12-17H2,1-3H3;13H,4-7,9-12H2,1-3H3;1-5H,6H2. The summed E-state index contributed by atoms with van der Waals surface area (Å²) >= 11 is 17.5. The van der Waals surface area contributed by atoms with Crippen molar-refractivity contribution in [1.82, 2.24) is 34.6 Å². The fraction of sp³-hybridized carbons (Fsp3) is 0.509. The van der Waals surface area contributed by atoms with E-state index in [1.807, 2.05) is 107 Å². The van der Waals surface area contributed by atoms with Crippen molar-refractivity contribution in [1.29, 1.82) is 10.5 Å². The third kappa shape index (κ3) is 17.4. The number of nitriles is 2. The number of fused-ring (bicyclic) bond motifs is 2. The molecule has 0 spiro atoms. The normalized spacial score (nSPS) is 17.2. The zero-order valence-electron chi connectivity index (χ0n) is 43.3. The Morgan fingerprint density at radius 2 is 1.11 bits per heavy atom. The molecule has 4 aliphatic heterocycles. The lowest BCUT2D eigenvalue weighted by molar-refractivity contribution is 0.0211. The molecule has 2 fully saturated rings. The Balaban J connectivity index is 0.000000209. The van der Waals surface area contributed by atoms with Gasteiger partial charge in [0.15, 0.2) is 0 Å². The number of ether oxygens (including phenoxy) is 4. The molecule has 3 amide bonds. The van der Waals surface area contributed by atoms with Gasteiger partial charge in [-0.3, -0.25) is 0 Å². The van der Waals surface area contributed by atoms with Crippen LogP contribution in [0, 0.1) is 28.6 Å². The van der Waals surface area contributed by atoms with Gasteiger partial charge in [-0.05, 0) is 107 Å². The molecule has 2 aromatic carbocycles. The molecular formula is C53H64Cl3N11O8. The van der Waals surface area contributed by atoms with Gasteiger partial charge in [-0.1, -0.05) is 60.7 Å². The van der Waals surface area contributed by atoms with Gasteiger partial charge in [-0.15, -0.1) is 0 Å². The molecule has 4 aliphatic rings. The smallest absolute Gasteiger partial charge is 0.410 e. The van der Waals surface area contributed by atoms with E-state index in [4.69, 9.17) is 54.3 Å². The largest absolute Gasteiger partial charge is 0.449 e. The molecule has 2 aromatic heterocycles. The summed E-state index contributed by atoms with van der Waals surface area (Å²) in [6, 6.07) is 22.9. The van der Waals surface area contributed by atoms with Gasteiger partial charge >= 0.3 is 23.7 Å². The highest BCUT2D eigenvalue weighted by Crippen LogP contribution is 2.33. The van der Waals surface area contributed by atoms with E-state index in [1.54, 1.807) is 14.7 Å². The molecule has 19 nitrogen and oxygen atoms in total. The van der Waals surface area contributed by atoms with Crippen LogP contribution in [0.1, 0.15) is 101 Å². The maximum Gasteiger partial charge on any atom is 0.410 e. The summed E-state index contributed by atoms with van der Waals surface area (Å²) in [5.41, 5.74) is 3.36. The Kier molecular flexibility index (Phi) is 20.5. The highest BCUT2D eigenvalue weighted by Gasteiger charge is 2.36. The second-order valence-electron chi connectivity index (χ2n) is 20.3. The van der Waals surface area contributed by atoms with Crippen molar-refractivity contribution in [2.24, 2.45) is 5.92 Å². The molecule has 2 atom stereocenters. The summed E-state index contributed by atoms with van der Waals surface area (Å²) in [7, 11) is 0.